The number of primary sulfonamides is 1. The summed E-state index contributed by atoms with van der Waals surface area (Å²) in [6.45, 7) is 1.81. The van der Waals surface area contributed by atoms with Crippen LogP contribution in [0, 0.1) is 5.82 Å². The van der Waals surface area contributed by atoms with E-state index in [1.807, 2.05) is 0 Å². The van der Waals surface area contributed by atoms with E-state index in [1.54, 1.807) is 6.92 Å². The maximum atomic E-state index is 13.7. The number of carbonyl (C=O) groups is 1. The smallest absolute Gasteiger partial charge is 0.254 e. The summed E-state index contributed by atoms with van der Waals surface area (Å²) in [6, 6.07) is 1.49. The van der Waals surface area contributed by atoms with E-state index in [2.05, 4.69) is 5.32 Å². The van der Waals surface area contributed by atoms with Crippen LogP contribution < -0.4 is 10.5 Å². The van der Waals surface area contributed by atoms with Crippen molar-refractivity contribution in [1.29, 1.82) is 0 Å². The fraction of sp³-hybridized carbons (Fsp3) is 0.364. The molecule has 10 heteroatoms. The van der Waals surface area contributed by atoms with Gasteiger partial charge in [0.1, 0.15) is 10.7 Å². The number of amides is 1. The zero-order valence-electron chi connectivity index (χ0n) is 11.1. The second-order valence-electron chi connectivity index (χ2n) is 4.00. The van der Waals surface area contributed by atoms with Crippen molar-refractivity contribution in [2.45, 2.75) is 11.8 Å². The molecule has 0 bridgehead atoms. The van der Waals surface area contributed by atoms with Crippen LogP contribution in [0.2, 0.25) is 5.02 Å². The van der Waals surface area contributed by atoms with E-state index in [0.717, 1.165) is 6.07 Å². The number of nitrogens with one attached hydrogen (secondary N) is 1. The first-order valence-electron chi connectivity index (χ1n) is 5.81. The van der Waals surface area contributed by atoms with Gasteiger partial charge in [-0.25, -0.2) is 17.9 Å². The quantitative estimate of drug-likeness (QED) is 0.779. The molecule has 0 aliphatic heterocycles. The van der Waals surface area contributed by atoms with Gasteiger partial charge in [-0.3, -0.25) is 9.00 Å². The van der Waals surface area contributed by atoms with Crippen molar-refractivity contribution < 1.29 is 21.8 Å². The number of carbonyl (C=O) groups excluding carboxylic acids is 1. The highest BCUT2D eigenvalue weighted by molar-refractivity contribution is 7.89. The molecule has 0 aromatic heterocycles. The Morgan fingerprint density at radius 2 is 2.10 bits per heavy atom. The maximum absolute atomic E-state index is 13.7. The Balaban J connectivity index is 2.97. The lowest BCUT2D eigenvalue weighted by Gasteiger charge is -2.08. The first-order valence-corrected chi connectivity index (χ1v) is 9.23. The molecule has 1 atom stereocenters. The van der Waals surface area contributed by atoms with E-state index >= 15 is 0 Å². The van der Waals surface area contributed by atoms with Crippen molar-refractivity contribution in [3.8, 4) is 0 Å². The Hall–Kier alpha value is -1.03. The van der Waals surface area contributed by atoms with E-state index in [0.29, 0.717) is 11.8 Å². The molecular weight excluding hydrogens is 343 g/mol. The number of benzene rings is 1. The Labute approximate surface area is 129 Å². The lowest BCUT2D eigenvalue weighted by atomic mass is 10.2. The van der Waals surface area contributed by atoms with Crippen LogP contribution in [0.25, 0.3) is 0 Å². The van der Waals surface area contributed by atoms with Crippen molar-refractivity contribution >= 4 is 38.3 Å². The molecule has 0 radical (unpaired) electrons. The lowest BCUT2D eigenvalue weighted by Crippen LogP contribution is -2.29. The van der Waals surface area contributed by atoms with Crippen LogP contribution in [0.5, 0.6) is 0 Å². The number of nitrogens with two attached hydrogens (primary N) is 1. The summed E-state index contributed by atoms with van der Waals surface area (Å²) in [4.78, 5) is 11.3. The monoisotopic (exact) mass is 356 g/mol. The SMILES string of the molecule is CCS(=O)CCNC(=O)c1cc(S(N)(=O)=O)c(Cl)cc1F. The molecule has 0 aliphatic rings. The summed E-state index contributed by atoms with van der Waals surface area (Å²) in [5, 5.41) is 6.88. The van der Waals surface area contributed by atoms with Gasteiger partial charge < -0.3 is 5.32 Å². The average molecular weight is 357 g/mol. The first-order chi connectivity index (χ1) is 9.66. The Bertz CT molecular complexity index is 679. The molecule has 0 saturated carbocycles. The normalized spacial score (nSPS) is 13.0. The average Bonchev–Trinajstić information content (AvgIpc) is 2.36. The van der Waals surface area contributed by atoms with Gasteiger partial charge in [-0.1, -0.05) is 18.5 Å². The molecule has 0 spiro atoms. The van der Waals surface area contributed by atoms with Crippen LogP contribution in [0.1, 0.15) is 17.3 Å². The van der Waals surface area contributed by atoms with Crippen molar-refractivity contribution in [2.24, 2.45) is 5.14 Å². The van der Waals surface area contributed by atoms with Gasteiger partial charge in [-0.15, -0.1) is 0 Å². The van der Waals surface area contributed by atoms with Crippen LogP contribution in [0.3, 0.4) is 0 Å². The zero-order chi connectivity index (χ0) is 16.2. The van der Waals surface area contributed by atoms with Crippen LogP contribution in [0.15, 0.2) is 17.0 Å². The summed E-state index contributed by atoms with van der Waals surface area (Å²) >= 11 is 5.58. The fourth-order valence-corrected chi connectivity index (χ4v) is 3.14. The van der Waals surface area contributed by atoms with Crippen molar-refractivity contribution in [3.05, 3.63) is 28.5 Å². The van der Waals surface area contributed by atoms with Crippen molar-refractivity contribution in [3.63, 3.8) is 0 Å². The molecule has 1 aromatic rings. The highest BCUT2D eigenvalue weighted by Crippen LogP contribution is 2.24. The second-order valence-corrected chi connectivity index (χ2v) is 7.80. The van der Waals surface area contributed by atoms with Gasteiger partial charge in [-0.2, -0.15) is 0 Å². The van der Waals surface area contributed by atoms with Crippen molar-refractivity contribution in [1.82, 2.24) is 5.32 Å². The third-order valence-electron chi connectivity index (χ3n) is 2.51. The Kier molecular flexibility index (Phi) is 6.26. The minimum absolute atomic E-state index is 0.0755. The standard InChI is InChI=1S/C11H14ClFN2O4S2/c1-2-20(17)4-3-15-11(16)7-5-10(21(14,18)19)8(12)6-9(7)13/h5-6H,2-4H2,1H3,(H,15,16)(H2,14,18,19). The largest absolute Gasteiger partial charge is 0.351 e. The minimum Gasteiger partial charge on any atom is -0.351 e. The van der Waals surface area contributed by atoms with Crippen LogP contribution in [-0.2, 0) is 20.8 Å². The molecule has 1 aromatic carbocycles. The topological polar surface area (TPSA) is 106 Å². The third-order valence-corrected chi connectivity index (χ3v) is 5.19. The summed E-state index contributed by atoms with van der Waals surface area (Å²) in [5.74, 6) is -1.14. The molecule has 0 heterocycles. The fourth-order valence-electron chi connectivity index (χ4n) is 1.44. The number of hydrogen-bond acceptors (Lipinski definition) is 4. The summed E-state index contributed by atoms with van der Waals surface area (Å²) in [6.07, 6.45) is 0. The highest BCUT2D eigenvalue weighted by Gasteiger charge is 2.20. The molecular formula is C11H14ClFN2O4S2. The summed E-state index contributed by atoms with van der Waals surface area (Å²) in [7, 11) is -5.24. The number of halogens is 2. The van der Waals surface area contributed by atoms with Gasteiger partial charge >= 0.3 is 0 Å². The summed E-state index contributed by atoms with van der Waals surface area (Å²) < 4.78 is 47.4. The van der Waals surface area contributed by atoms with Gasteiger partial charge in [0.05, 0.1) is 10.6 Å². The highest BCUT2D eigenvalue weighted by atomic mass is 35.5. The summed E-state index contributed by atoms with van der Waals surface area (Å²) in [5.41, 5.74) is -0.495. The molecule has 118 valence electrons. The molecule has 1 unspecified atom stereocenters. The van der Waals surface area contributed by atoms with E-state index in [4.69, 9.17) is 16.7 Å². The van der Waals surface area contributed by atoms with Crippen LogP contribution in [-0.4, -0.2) is 36.6 Å². The first kappa shape index (κ1) is 18.0. The molecule has 0 fully saturated rings. The minimum atomic E-state index is -4.17. The zero-order valence-corrected chi connectivity index (χ0v) is 13.4. The van der Waals surface area contributed by atoms with Crippen LogP contribution >= 0.6 is 11.6 Å². The molecule has 3 N–H and O–H groups in total. The molecule has 21 heavy (non-hydrogen) atoms. The Morgan fingerprint density at radius 1 is 1.48 bits per heavy atom. The molecule has 1 amide bonds. The van der Waals surface area contributed by atoms with Gasteiger partial charge in [-0.05, 0) is 12.1 Å². The molecule has 1 rings (SSSR count). The maximum Gasteiger partial charge on any atom is 0.254 e. The van der Waals surface area contributed by atoms with Crippen molar-refractivity contribution in [2.75, 3.05) is 18.1 Å². The Morgan fingerprint density at radius 3 is 2.62 bits per heavy atom. The number of sulfonamides is 1. The number of hydrogen-bond donors (Lipinski definition) is 2. The van der Waals surface area contributed by atoms with Gasteiger partial charge in [0.25, 0.3) is 5.91 Å². The molecule has 0 saturated heterocycles. The lowest BCUT2D eigenvalue weighted by molar-refractivity contribution is 0.0952. The van der Waals surface area contributed by atoms with Gasteiger partial charge in [0, 0.05) is 28.9 Å². The third kappa shape index (κ3) is 5.03. The van der Waals surface area contributed by atoms with Crippen LogP contribution in [0.4, 0.5) is 4.39 Å². The van der Waals surface area contributed by atoms with E-state index in [-0.39, 0.29) is 12.3 Å². The van der Waals surface area contributed by atoms with Gasteiger partial charge in [0.2, 0.25) is 10.0 Å². The second kappa shape index (κ2) is 7.30. The number of rotatable bonds is 6. The van der Waals surface area contributed by atoms with E-state index < -0.39 is 48.0 Å². The molecule has 0 aliphatic carbocycles. The van der Waals surface area contributed by atoms with Gasteiger partial charge in [0.15, 0.2) is 0 Å². The van der Waals surface area contributed by atoms with E-state index in [9.17, 15) is 21.8 Å². The molecule has 6 nitrogen and oxygen atoms in total. The van der Waals surface area contributed by atoms with E-state index in [1.165, 1.54) is 0 Å². The predicted octanol–water partition coefficient (Wildman–Crippen LogP) is 0.625. The predicted molar refractivity (Wildman–Crippen MR) is 78.7 cm³/mol.